The van der Waals surface area contributed by atoms with Gasteiger partial charge in [-0.25, -0.2) is 9.37 Å². The zero-order valence-corrected chi connectivity index (χ0v) is 12.0. The second-order valence-electron chi connectivity index (χ2n) is 4.91. The third-order valence-corrected chi connectivity index (χ3v) is 3.73. The molecular weight excluding hydrogens is 273 g/mol. The van der Waals surface area contributed by atoms with Crippen LogP contribution in [0.4, 0.5) is 4.39 Å². The van der Waals surface area contributed by atoms with E-state index < -0.39 is 0 Å². The molecule has 0 fully saturated rings. The zero-order chi connectivity index (χ0) is 14.3. The Bertz CT molecular complexity index is 817. The quantitative estimate of drug-likeness (QED) is 0.718. The highest BCUT2D eigenvalue weighted by molar-refractivity contribution is 7.71. The number of aromatic nitrogens is 3. The van der Waals surface area contributed by atoms with E-state index >= 15 is 0 Å². The van der Waals surface area contributed by atoms with Crippen molar-refractivity contribution in [1.29, 1.82) is 0 Å². The molecule has 102 valence electrons. The Morgan fingerprint density at radius 3 is 2.70 bits per heavy atom. The molecule has 1 N–H and O–H groups in total. The highest BCUT2D eigenvalue weighted by Crippen LogP contribution is 2.23. The number of imidazole rings is 1. The Labute approximate surface area is 121 Å². The highest BCUT2D eigenvalue weighted by Gasteiger charge is 2.14. The number of fused-ring (bicyclic) bond motifs is 1. The van der Waals surface area contributed by atoms with Crippen LogP contribution in [0.5, 0.6) is 0 Å². The van der Waals surface area contributed by atoms with E-state index in [2.05, 4.69) is 9.97 Å². The van der Waals surface area contributed by atoms with Crippen molar-refractivity contribution in [2.75, 3.05) is 0 Å². The van der Waals surface area contributed by atoms with Crippen molar-refractivity contribution in [3.05, 3.63) is 58.2 Å². The molecule has 1 atom stereocenters. The third-order valence-electron chi connectivity index (χ3n) is 3.43. The Balaban J connectivity index is 2.16. The summed E-state index contributed by atoms with van der Waals surface area (Å²) in [6.07, 6.45) is 1.82. The number of rotatable bonds is 2. The second kappa shape index (κ2) is 4.83. The lowest BCUT2D eigenvalue weighted by Gasteiger charge is -2.14. The van der Waals surface area contributed by atoms with Crippen LogP contribution in [0.3, 0.4) is 0 Å². The summed E-state index contributed by atoms with van der Waals surface area (Å²) in [6, 6.07) is 8.48. The van der Waals surface area contributed by atoms with Crippen molar-refractivity contribution >= 4 is 23.4 Å². The Morgan fingerprint density at radius 1 is 1.30 bits per heavy atom. The van der Waals surface area contributed by atoms with E-state index in [4.69, 9.17) is 12.2 Å². The van der Waals surface area contributed by atoms with E-state index in [1.165, 1.54) is 12.1 Å². The Morgan fingerprint density at radius 2 is 2.00 bits per heavy atom. The molecule has 0 radical (unpaired) electrons. The molecule has 0 saturated carbocycles. The summed E-state index contributed by atoms with van der Waals surface area (Å²) < 4.78 is 15.6. The van der Waals surface area contributed by atoms with Gasteiger partial charge in [-0.05, 0) is 55.4 Å². The number of aryl methyl sites for hydroxylation is 1. The lowest BCUT2D eigenvalue weighted by molar-refractivity contribution is 0.617. The molecule has 3 aromatic rings. The van der Waals surface area contributed by atoms with E-state index in [0.717, 1.165) is 22.3 Å². The van der Waals surface area contributed by atoms with Crippen molar-refractivity contribution < 1.29 is 4.39 Å². The van der Waals surface area contributed by atoms with Crippen LogP contribution in [0.2, 0.25) is 0 Å². The molecular formula is C15H14FN3S. The molecule has 0 spiro atoms. The van der Waals surface area contributed by atoms with Gasteiger partial charge in [-0.1, -0.05) is 12.1 Å². The standard InChI is InChI=1S/C15H14FN3S/c1-9-7-13-14(17-8-9)19(15(20)18-13)10(2)11-3-5-12(16)6-4-11/h3-8,10H,1-2H3,(H,18,20). The summed E-state index contributed by atoms with van der Waals surface area (Å²) in [5.41, 5.74) is 3.81. The summed E-state index contributed by atoms with van der Waals surface area (Å²) in [5.74, 6) is -0.239. The van der Waals surface area contributed by atoms with E-state index in [9.17, 15) is 4.39 Å². The minimum Gasteiger partial charge on any atom is -0.329 e. The zero-order valence-electron chi connectivity index (χ0n) is 11.2. The number of pyridine rings is 1. The van der Waals surface area contributed by atoms with Crippen molar-refractivity contribution in [1.82, 2.24) is 14.5 Å². The molecule has 0 bridgehead atoms. The normalized spacial score (nSPS) is 12.8. The van der Waals surface area contributed by atoms with Gasteiger partial charge in [0.25, 0.3) is 0 Å². The van der Waals surface area contributed by atoms with E-state index in [0.29, 0.717) is 4.77 Å². The Kier molecular flexibility index (Phi) is 3.14. The summed E-state index contributed by atoms with van der Waals surface area (Å²) in [4.78, 5) is 7.63. The van der Waals surface area contributed by atoms with E-state index in [-0.39, 0.29) is 11.9 Å². The van der Waals surface area contributed by atoms with E-state index in [1.54, 1.807) is 12.1 Å². The smallest absolute Gasteiger partial charge is 0.179 e. The van der Waals surface area contributed by atoms with Crippen LogP contribution in [0.1, 0.15) is 24.1 Å². The van der Waals surface area contributed by atoms with Crippen molar-refractivity contribution in [3.8, 4) is 0 Å². The molecule has 0 amide bonds. The maximum atomic E-state index is 13.0. The van der Waals surface area contributed by atoms with Crippen LogP contribution < -0.4 is 0 Å². The van der Waals surface area contributed by atoms with Gasteiger partial charge in [-0.2, -0.15) is 0 Å². The SMILES string of the molecule is Cc1cnc2c(c1)[nH]c(=S)n2C(C)c1ccc(F)cc1. The molecule has 2 aromatic heterocycles. The molecule has 0 saturated heterocycles. The first-order valence-electron chi connectivity index (χ1n) is 6.38. The van der Waals surface area contributed by atoms with Gasteiger partial charge in [0.1, 0.15) is 5.82 Å². The van der Waals surface area contributed by atoms with Gasteiger partial charge in [0.2, 0.25) is 0 Å². The van der Waals surface area contributed by atoms with Crippen LogP contribution in [-0.2, 0) is 0 Å². The van der Waals surface area contributed by atoms with Crippen LogP contribution >= 0.6 is 12.2 Å². The predicted molar refractivity (Wildman–Crippen MR) is 79.9 cm³/mol. The first-order valence-corrected chi connectivity index (χ1v) is 6.79. The highest BCUT2D eigenvalue weighted by atomic mass is 32.1. The van der Waals surface area contributed by atoms with Gasteiger partial charge >= 0.3 is 0 Å². The topological polar surface area (TPSA) is 33.6 Å². The molecule has 3 nitrogen and oxygen atoms in total. The van der Waals surface area contributed by atoms with Crippen molar-refractivity contribution in [2.24, 2.45) is 0 Å². The summed E-state index contributed by atoms with van der Waals surface area (Å²) in [6.45, 7) is 4.02. The molecule has 0 aliphatic carbocycles. The fourth-order valence-electron chi connectivity index (χ4n) is 2.37. The number of hydrogen-bond acceptors (Lipinski definition) is 2. The predicted octanol–water partition coefficient (Wildman–Crippen LogP) is 4.15. The molecule has 5 heteroatoms. The van der Waals surface area contributed by atoms with Gasteiger partial charge in [0, 0.05) is 6.20 Å². The summed E-state index contributed by atoms with van der Waals surface area (Å²) >= 11 is 5.39. The fraction of sp³-hybridized carbons (Fsp3) is 0.200. The summed E-state index contributed by atoms with van der Waals surface area (Å²) in [5, 5.41) is 0. The van der Waals surface area contributed by atoms with Gasteiger partial charge in [-0.3, -0.25) is 4.57 Å². The molecule has 0 aliphatic heterocycles. The number of benzene rings is 1. The number of H-pyrrole nitrogens is 1. The molecule has 20 heavy (non-hydrogen) atoms. The van der Waals surface area contributed by atoms with Crippen LogP contribution in [0, 0.1) is 17.5 Å². The third kappa shape index (κ3) is 2.14. The maximum absolute atomic E-state index is 13.0. The number of aromatic amines is 1. The Hall–Kier alpha value is -2.01. The average Bonchev–Trinajstić information content (AvgIpc) is 2.73. The number of nitrogens with one attached hydrogen (secondary N) is 1. The van der Waals surface area contributed by atoms with Crippen LogP contribution in [0.25, 0.3) is 11.2 Å². The van der Waals surface area contributed by atoms with Gasteiger partial charge in [-0.15, -0.1) is 0 Å². The van der Waals surface area contributed by atoms with Crippen LogP contribution in [-0.4, -0.2) is 14.5 Å². The first kappa shape index (κ1) is 13.0. The molecule has 0 aliphatic rings. The minimum atomic E-state index is -0.239. The maximum Gasteiger partial charge on any atom is 0.179 e. The van der Waals surface area contributed by atoms with Crippen molar-refractivity contribution in [3.63, 3.8) is 0 Å². The lowest BCUT2D eigenvalue weighted by atomic mass is 10.1. The number of hydrogen-bond donors (Lipinski definition) is 1. The van der Waals surface area contributed by atoms with Crippen LogP contribution in [0.15, 0.2) is 36.5 Å². The molecule has 1 unspecified atom stereocenters. The monoisotopic (exact) mass is 287 g/mol. The molecule has 2 heterocycles. The second-order valence-corrected chi connectivity index (χ2v) is 5.30. The van der Waals surface area contributed by atoms with Gasteiger partial charge in [0.15, 0.2) is 10.4 Å². The van der Waals surface area contributed by atoms with E-state index in [1.807, 2.05) is 30.7 Å². The fourth-order valence-corrected chi connectivity index (χ4v) is 2.72. The minimum absolute atomic E-state index is 0.00736. The van der Waals surface area contributed by atoms with Gasteiger partial charge in [0.05, 0.1) is 11.6 Å². The first-order chi connectivity index (χ1) is 9.56. The van der Waals surface area contributed by atoms with Crippen molar-refractivity contribution in [2.45, 2.75) is 19.9 Å². The number of halogens is 1. The largest absolute Gasteiger partial charge is 0.329 e. The lowest BCUT2D eigenvalue weighted by Crippen LogP contribution is -2.07. The molecule has 1 aromatic carbocycles. The number of nitrogens with zero attached hydrogens (tertiary/aromatic N) is 2. The molecule has 3 rings (SSSR count). The average molecular weight is 287 g/mol. The summed E-state index contributed by atoms with van der Waals surface area (Å²) in [7, 11) is 0. The van der Waals surface area contributed by atoms with Gasteiger partial charge < -0.3 is 4.98 Å².